The molecule has 0 N–H and O–H groups in total. The highest BCUT2D eigenvalue weighted by Gasteiger charge is 2.10. The van der Waals surface area contributed by atoms with Gasteiger partial charge in [-0.05, 0) is 20.3 Å². The summed E-state index contributed by atoms with van der Waals surface area (Å²) in [5.74, 6) is 0.991. The summed E-state index contributed by atoms with van der Waals surface area (Å²) in [4.78, 5) is 21.0. The van der Waals surface area contributed by atoms with Crippen molar-refractivity contribution in [1.82, 2.24) is 0 Å². The second-order valence-corrected chi connectivity index (χ2v) is 2.39. The largest absolute Gasteiger partial charge is 0.459 e. The average molecular weight is 156 g/mol. The summed E-state index contributed by atoms with van der Waals surface area (Å²) in [7, 11) is 0. The molecule has 0 amide bonds. The SMILES string of the molecule is CCC(=C=O)C(=O)OC(C)C. The molecule has 0 unspecified atom stereocenters. The monoisotopic (exact) mass is 156 g/mol. The van der Waals surface area contributed by atoms with Crippen molar-refractivity contribution in [3.05, 3.63) is 5.57 Å². The van der Waals surface area contributed by atoms with Crippen LogP contribution >= 0.6 is 0 Å². The molecule has 3 heteroatoms. The molecule has 0 aromatic rings. The Balaban J connectivity index is 4.13. The van der Waals surface area contributed by atoms with Crippen LogP contribution < -0.4 is 0 Å². The maximum atomic E-state index is 10.9. The van der Waals surface area contributed by atoms with Gasteiger partial charge < -0.3 is 4.74 Å². The van der Waals surface area contributed by atoms with Crippen LogP contribution in [0.2, 0.25) is 0 Å². The second kappa shape index (κ2) is 4.69. The Bertz CT molecular complexity index is 188. The lowest BCUT2D eigenvalue weighted by molar-refractivity contribution is -0.142. The van der Waals surface area contributed by atoms with Gasteiger partial charge in [0.25, 0.3) is 0 Å². The molecule has 11 heavy (non-hydrogen) atoms. The number of ether oxygens (including phenoxy) is 1. The molecule has 0 spiro atoms. The van der Waals surface area contributed by atoms with Gasteiger partial charge in [-0.2, -0.15) is 0 Å². The van der Waals surface area contributed by atoms with E-state index >= 15 is 0 Å². The Morgan fingerprint density at radius 3 is 2.36 bits per heavy atom. The van der Waals surface area contributed by atoms with Crippen LogP contribution in [0, 0.1) is 0 Å². The van der Waals surface area contributed by atoms with E-state index in [1.807, 2.05) is 0 Å². The van der Waals surface area contributed by atoms with Crippen LogP contribution in [0.4, 0.5) is 0 Å². The van der Waals surface area contributed by atoms with E-state index in [4.69, 9.17) is 4.74 Å². The number of hydrogen-bond donors (Lipinski definition) is 0. The van der Waals surface area contributed by atoms with Gasteiger partial charge in [-0.15, -0.1) is 0 Å². The Kier molecular flexibility index (Phi) is 4.23. The smallest absolute Gasteiger partial charge is 0.345 e. The van der Waals surface area contributed by atoms with Crippen molar-refractivity contribution >= 4 is 11.9 Å². The van der Waals surface area contributed by atoms with E-state index in [0.717, 1.165) is 0 Å². The summed E-state index contributed by atoms with van der Waals surface area (Å²) in [5, 5.41) is 0. The highest BCUT2D eigenvalue weighted by atomic mass is 16.5. The first kappa shape index (κ1) is 9.92. The molecule has 0 aliphatic carbocycles. The van der Waals surface area contributed by atoms with E-state index in [0.29, 0.717) is 6.42 Å². The van der Waals surface area contributed by atoms with E-state index in [1.165, 1.54) is 0 Å². The molecule has 0 saturated carbocycles. The molecule has 0 radical (unpaired) electrons. The fourth-order valence-electron chi connectivity index (χ4n) is 0.543. The highest BCUT2D eigenvalue weighted by Crippen LogP contribution is 2.00. The van der Waals surface area contributed by atoms with E-state index in [-0.39, 0.29) is 11.7 Å². The molecule has 62 valence electrons. The zero-order valence-electron chi connectivity index (χ0n) is 7.01. The van der Waals surface area contributed by atoms with Crippen LogP contribution in [0.25, 0.3) is 0 Å². The van der Waals surface area contributed by atoms with Crippen LogP contribution in [0.1, 0.15) is 27.2 Å². The van der Waals surface area contributed by atoms with Gasteiger partial charge in [0.05, 0.1) is 6.10 Å². The molecule has 0 aromatic carbocycles. The third-order valence-electron chi connectivity index (χ3n) is 1.07. The summed E-state index contributed by atoms with van der Waals surface area (Å²) < 4.78 is 4.76. The fraction of sp³-hybridized carbons (Fsp3) is 0.625. The third-order valence-corrected chi connectivity index (χ3v) is 1.07. The summed E-state index contributed by atoms with van der Waals surface area (Å²) in [5.41, 5.74) is 0.0682. The van der Waals surface area contributed by atoms with Gasteiger partial charge in [0.1, 0.15) is 11.5 Å². The Labute approximate surface area is 66.0 Å². The van der Waals surface area contributed by atoms with Gasteiger partial charge in [0.15, 0.2) is 0 Å². The molecule has 0 rings (SSSR count). The third kappa shape index (κ3) is 3.58. The van der Waals surface area contributed by atoms with Crippen molar-refractivity contribution in [2.45, 2.75) is 33.3 Å². The molecule has 0 aliphatic rings. The molecule has 0 atom stereocenters. The molecule has 0 heterocycles. The molecular formula is C8H12O3. The number of esters is 1. The highest BCUT2D eigenvalue weighted by molar-refractivity contribution is 5.96. The van der Waals surface area contributed by atoms with E-state index in [9.17, 15) is 9.59 Å². The summed E-state index contributed by atoms with van der Waals surface area (Å²) in [6.45, 7) is 5.17. The molecule has 0 bridgehead atoms. The first-order valence-corrected chi connectivity index (χ1v) is 3.56. The van der Waals surface area contributed by atoms with E-state index in [1.54, 1.807) is 26.7 Å². The van der Waals surface area contributed by atoms with E-state index < -0.39 is 5.97 Å². The minimum absolute atomic E-state index is 0.0682. The number of carbonyl (C=O) groups is 1. The van der Waals surface area contributed by atoms with Crippen molar-refractivity contribution in [1.29, 1.82) is 0 Å². The zero-order chi connectivity index (χ0) is 8.85. The lowest BCUT2D eigenvalue weighted by Crippen LogP contribution is -2.13. The Morgan fingerprint density at radius 2 is 2.09 bits per heavy atom. The van der Waals surface area contributed by atoms with Gasteiger partial charge >= 0.3 is 5.97 Å². The summed E-state index contributed by atoms with van der Waals surface area (Å²) in [6, 6.07) is 0. The predicted molar refractivity (Wildman–Crippen MR) is 40.7 cm³/mol. The standard InChI is InChI=1S/C8H12O3/c1-4-7(5-9)8(10)11-6(2)3/h6H,4H2,1-3H3. The topological polar surface area (TPSA) is 43.4 Å². The van der Waals surface area contributed by atoms with Crippen LogP contribution in [-0.4, -0.2) is 18.0 Å². The fourth-order valence-corrected chi connectivity index (χ4v) is 0.543. The summed E-state index contributed by atoms with van der Waals surface area (Å²) in [6.07, 6.45) is 0.187. The normalized spacial score (nSPS) is 9.09. The lowest BCUT2D eigenvalue weighted by Gasteiger charge is -2.06. The second-order valence-electron chi connectivity index (χ2n) is 2.39. The lowest BCUT2D eigenvalue weighted by atomic mass is 10.2. The first-order valence-electron chi connectivity index (χ1n) is 3.56. The van der Waals surface area contributed by atoms with Crippen molar-refractivity contribution in [3.8, 4) is 0 Å². The van der Waals surface area contributed by atoms with Crippen molar-refractivity contribution < 1.29 is 14.3 Å². The first-order chi connectivity index (χ1) is 5.11. The molecule has 0 fully saturated rings. The quantitative estimate of drug-likeness (QED) is 0.349. The van der Waals surface area contributed by atoms with Gasteiger partial charge in [-0.3, -0.25) is 0 Å². The van der Waals surface area contributed by atoms with Crippen LogP contribution in [0.5, 0.6) is 0 Å². The average Bonchev–Trinajstić information content (AvgIpc) is 1.88. The molecule has 0 aliphatic heterocycles. The van der Waals surface area contributed by atoms with Gasteiger partial charge in [0, 0.05) is 0 Å². The van der Waals surface area contributed by atoms with Gasteiger partial charge in [-0.25, -0.2) is 9.59 Å². The van der Waals surface area contributed by atoms with Gasteiger partial charge in [-0.1, -0.05) is 6.92 Å². The Hall–Kier alpha value is -1.08. The van der Waals surface area contributed by atoms with Crippen LogP contribution in [-0.2, 0) is 14.3 Å². The van der Waals surface area contributed by atoms with Crippen LogP contribution in [0.15, 0.2) is 5.57 Å². The molecule has 3 nitrogen and oxygen atoms in total. The summed E-state index contributed by atoms with van der Waals surface area (Å²) >= 11 is 0. The number of rotatable bonds is 3. The maximum absolute atomic E-state index is 10.9. The molecule has 0 aromatic heterocycles. The van der Waals surface area contributed by atoms with Gasteiger partial charge in [0.2, 0.25) is 0 Å². The van der Waals surface area contributed by atoms with Crippen molar-refractivity contribution in [3.63, 3.8) is 0 Å². The Morgan fingerprint density at radius 1 is 1.55 bits per heavy atom. The minimum Gasteiger partial charge on any atom is -0.459 e. The minimum atomic E-state index is -0.558. The predicted octanol–water partition coefficient (Wildman–Crippen LogP) is 1.11. The van der Waals surface area contributed by atoms with Crippen molar-refractivity contribution in [2.75, 3.05) is 0 Å². The molecular weight excluding hydrogens is 144 g/mol. The number of carbonyl (C=O) groups excluding carboxylic acids is 2. The number of hydrogen-bond acceptors (Lipinski definition) is 3. The zero-order valence-corrected chi connectivity index (χ0v) is 7.01. The van der Waals surface area contributed by atoms with E-state index in [2.05, 4.69) is 0 Å². The maximum Gasteiger partial charge on any atom is 0.345 e. The van der Waals surface area contributed by atoms with Crippen LogP contribution in [0.3, 0.4) is 0 Å². The molecule has 0 saturated heterocycles. The van der Waals surface area contributed by atoms with Crippen molar-refractivity contribution in [2.24, 2.45) is 0 Å².